The molecule has 0 aliphatic carbocycles. The summed E-state index contributed by atoms with van der Waals surface area (Å²) in [6.45, 7) is 4.82. The van der Waals surface area contributed by atoms with Gasteiger partial charge in [-0.25, -0.2) is 0 Å². The van der Waals surface area contributed by atoms with Gasteiger partial charge in [0.05, 0.1) is 12.7 Å². The summed E-state index contributed by atoms with van der Waals surface area (Å²) in [5.41, 5.74) is 1.17. The first kappa shape index (κ1) is 12.2. The molecule has 0 bridgehead atoms. The Kier molecular flexibility index (Phi) is 5.37. The van der Waals surface area contributed by atoms with E-state index in [1.54, 1.807) is 7.11 Å². The van der Waals surface area contributed by atoms with E-state index in [2.05, 4.69) is 26.0 Å². The number of ether oxygens (including phenoxy) is 2. The lowest BCUT2D eigenvalue weighted by atomic mass is 10.1. The number of hydrogen-bond acceptors (Lipinski definition) is 2. The van der Waals surface area contributed by atoms with Crippen molar-refractivity contribution in [2.24, 2.45) is 0 Å². The van der Waals surface area contributed by atoms with Crippen molar-refractivity contribution >= 4 is 0 Å². The molecule has 0 aromatic heterocycles. The molecular weight excluding hydrogens is 188 g/mol. The molecule has 1 aromatic carbocycles. The third kappa shape index (κ3) is 4.02. The summed E-state index contributed by atoms with van der Waals surface area (Å²) in [6.07, 6.45) is 1.37. The molecule has 1 unspecified atom stereocenters. The molecule has 0 amide bonds. The van der Waals surface area contributed by atoms with E-state index >= 15 is 0 Å². The highest BCUT2D eigenvalue weighted by Gasteiger charge is 2.11. The van der Waals surface area contributed by atoms with E-state index in [1.165, 1.54) is 5.56 Å². The van der Waals surface area contributed by atoms with Crippen LogP contribution in [0.3, 0.4) is 0 Å². The zero-order valence-corrected chi connectivity index (χ0v) is 9.77. The van der Waals surface area contributed by atoms with Crippen molar-refractivity contribution in [2.75, 3.05) is 13.7 Å². The molecule has 0 radical (unpaired) electrons. The fourth-order valence-corrected chi connectivity index (χ4v) is 1.34. The van der Waals surface area contributed by atoms with Crippen LogP contribution in [0, 0.1) is 0 Å². The molecule has 2 heteroatoms. The van der Waals surface area contributed by atoms with Crippen molar-refractivity contribution in [3.63, 3.8) is 0 Å². The van der Waals surface area contributed by atoms with Gasteiger partial charge in [0.15, 0.2) is 0 Å². The second-order valence-corrected chi connectivity index (χ2v) is 3.69. The van der Waals surface area contributed by atoms with Gasteiger partial charge in [-0.3, -0.25) is 0 Å². The maximum atomic E-state index is 5.67. The van der Waals surface area contributed by atoms with Gasteiger partial charge in [-0.1, -0.05) is 37.3 Å². The Bertz CT molecular complexity index is 258. The summed E-state index contributed by atoms with van der Waals surface area (Å²) >= 11 is 0. The summed E-state index contributed by atoms with van der Waals surface area (Å²) < 4.78 is 11.1. The summed E-state index contributed by atoms with van der Waals surface area (Å²) in [5, 5.41) is 0. The van der Waals surface area contributed by atoms with Crippen LogP contribution in [0.15, 0.2) is 30.3 Å². The Balaban J connectivity index is 2.50. The maximum Gasteiger partial charge on any atom is 0.105 e. The van der Waals surface area contributed by atoms with Crippen LogP contribution >= 0.6 is 0 Å². The van der Waals surface area contributed by atoms with Gasteiger partial charge in [0.2, 0.25) is 0 Å². The first-order valence-electron chi connectivity index (χ1n) is 5.47. The van der Waals surface area contributed by atoms with Gasteiger partial charge in [0.1, 0.15) is 6.10 Å². The van der Waals surface area contributed by atoms with Crippen molar-refractivity contribution < 1.29 is 9.47 Å². The molecular formula is C13H20O2. The van der Waals surface area contributed by atoms with E-state index in [9.17, 15) is 0 Å². The predicted octanol–water partition coefficient (Wildman–Crippen LogP) is 3.19. The third-order valence-corrected chi connectivity index (χ3v) is 2.56. The van der Waals surface area contributed by atoms with Crippen LogP contribution in [0.4, 0.5) is 0 Å². The van der Waals surface area contributed by atoms with Crippen LogP contribution in [0.1, 0.15) is 31.9 Å². The lowest BCUT2D eigenvalue weighted by Crippen LogP contribution is -2.15. The van der Waals surface area contributed by atoms with Gasteiger partial charge < -0.3 is 9.47 Å². The van der Waals surface area contributed by atoms with Gasteiger partial charge in [0, 0.05) is 7.11 Å². The maximum absolute atomic E-state index is 5.67. The molecule has 1 aromatic rings. The second kappa shape index (κ2) is 6.59. The van der Waals surface area contributed by atoms with Gasteiger partial charge in [0.25, 0.3) is 0 Å². The number of methoxy groups -OCH3 is 1. The van der Waals surface area contributed by atoms with Gasteiger partial charge in [-0.05, 0) is 18.9 Å². The van der Waals surface area contributed by atoms with Gasteiger partial charge in [-0.15, -0.1) is 0 Å². The molecule has 0 heterocycles. The van der Waals surface area contributed by atoms with Crippen LogP contribution in [0.2, 0.25) is 0 Å². The minimum Gasteiger partial charge on any atom is -0.375 e. The Labute approximate surface area is 92.2 Å². The zero-order valence-electron chi connectivity index (χ0n) is 9.77. The first-order valence-corrected chi connectivity index (χ1v) is 5.47. The first-order chi connectivity index (χ1) is 7.27. The topological polar surface area (TPSA) is 18.5 Å². The molecule has 1 rings (SSSR count). The van der Waals surface area contributed by atoms with E-state index in [0.29, 0.717) is 12.7 Å². The van der Waals surface area contributed by atoms with Crippen molar-refractivity contribution in [3.05, 3.63) is 35.9 Å². The van der Waals surface area contributed by atoms with Crippen molar-refractivity contribution in [2.45, 2.75) is 32.5 Å². The molecule has 0 aliphatic rings. The average Bonchev–Trinajstić information content (AvgIpc) is 2.31. The molecule has 0 fully saturated rings. The van der Waals surface area contributed by atoms with Crippen LogP contribution in [-0.2, 0) is 9.47 Å². The SMILES string of the molecule is CCC(C)OC[C@@H](OC)c1ccccc1. The summed E-state index contributed by atoms with van der Waals surface area (Å²) in [6, 6.07) is 10.2. The standard InChI is InChI=1S/C13H20O2/c1-4-11(2)15-10-13(14-3)12-8-6-5-7-9-12/h5-9,11,13H,4,10H2,1-3H3/t11?,13-/m1/s1. The largest absolute Gasteiger partial charge is 0.375 e. The second-order valence-electron chi connectivity index (χ2n) is 3.69. The minimum atomic E-state index is 0.0419. The van der Waals surface area contributed by atoms with Crippen molar-refractivity contribution in [1.29, 1.82) is 0 Å². The molecule has 84 valence electrons. The fourth-order valence-electron chi connectivity index (χ4n) is 1.34. The van der Waals surface area contributed by atoms with E-state index in [4.69, 9.17) is 9.47 Å². The molecule has 2 atom stereocenters. The van der Waals surface area contributed by atoms with Crippen molar-refractivity contribution in [1.82, 2.24) is 0 Å². The zero-order chi connectivity index (χ0) is 11.1. The van der Waals surface area contributed by atoms with Crippen LogP contribution < -0.4 is 0 Å². The molecule has 0 N–H and O–H groups in total. The number of rotatable bonds is 6. The molecule has 0 saturated carbocycles. The highest BCUT2D eigenvalue weighted by atomic mass is 16.5. The predicted molar refractivity (Wildman–Crippen MR) is 61.9 cm³/mol. The Morgan fingerprint density at radius 1 is 1.20 bits per heavy atom. The van der Waals surface area contributed by atoms with Crippen LogP contribution in [-0.4, -0.2) is 19.8 Å². The quantitative estimate of drug-likeness (QED) is 0.714. The monoisotopic (exact) mass is 208 g/mol. The Morgan fingerprint density at radius 3 is 2.40 bits per heavy atom. The van der Waals surface area contributed by atoms with E-state index in [1.807, 2.05) is 18.2 Å². The summed E-state index contributed by atoms with van der Waals surface area (Å²) in [4.78, 5) is 0. The van der Waals surface area contributed by atoms with E-state index < -0.39 is 0 Å². The highest BCUT2D eigenvalue weighted by Crippen LogP contribution is 2.17. The Hall–Kier alpha value is -0.860. The lowest BCUT2D eigenvalue weighted by Gasteiger charge is -2.18. The Morgan fingerprint density at radius 2 is 1.87 bits per heavy atom. The molecule has 0 spiro atoms. The molecule has 0 saturated heterocycles. The summed E-state index contributed by atoms with van der Waals surface area (Å²) in [5.74, 6) is 0. The van der Waals surface area contributed by atoms with E-state index in [0.717, 1.165) is 6.42 Å². The molecule has 2 nitrogen and oxygen atoms in total. The molecule has 15 heavy (non-hydrogen) atoms. The number of hydrogen-bond donors (Lipinski definition) is 0. The summed E-state index contributed by atoms with van der Waals surface area (Å²) in [7, 11) is 1.72. The minimum absolute atomic E-state index is 0.0419. The van der Waals surface area contributed by atoms with Gasteiger partial charge in [-0.2, -0.15) is 0 Å². The van der Waals surface area contributed by atoms with Crippen LogP contribution in [0.5, 0.6) is 0 Å². The van der Waals surface area contributed by atoms with E-state index in [-0.39, 0.29) is 6.10 Å². The third-order valence-electron chi connectivity index (χ3n) is 2.56. The fraction of sp³-hybridized carbons (Fsp3) is 0.538. The van der Waals surface area contributed by atoms with Crippen LogP contribution in [0.25, 0.3) is 0 Å². The number of benzene rings is 1. The highest BCUT2D eigenvalue weighted by molar-refractivity contribution is 5.17. The van der Waals surface area contributed by atoms with Crippen molar-refractivity contribution in [3.8, 4) is 0 Å². The smallest absolute Gasteiger partial charge is 0.105 e. The molecule has 0 aliphatic heterocycles. The average molecular weight is 208 g/mol. The normalized spacial score (nSPS) is 14.9. The lowest BCUT2D eigenvalue weighted by molar-refractivity contribution is -0.0233. The van der Waals surface area contributed by atoms with Gasteiger partial charge >= 0.3 is 0 Å².